The Labute approximate surface area is 153 Å². The van der Waals surface area contributed by atoms with Gasteiger partial charge in [0, 0.05) is 32.6 Å². The molecule has 2 aliphatic rings. The van der Waals surface area contributed by atoms with Gasteiger partial charge in [0.2, 0.25) is 5.91 Å². The number of rotatable bonds is 7. The molecule has 0 unspecified atom stereocenters. The van der Waals surface area contributed by atoms with Crippen LogP contribution in [0.25, 0.3) is 0 Å². The zero-order chi connectivity index (χ0) is 18.6. The van der Waals surface area contributed by atoms with E-state index in [1.54, 1.807) is 11.0 Å². The molecule has 9 heteroatoms. The molecule has 1 atom stereocenters. The highest BCUT2D eigenvalue weighted by molar-refractivity contribution is 5.76. The first-order chi connectivity index (χ1) is 12.5. The quantitative estimate of drug-likeness (QED) is 0.756. The summed E-state index contributed by atoms with van der Waals surface area (Å²) in [6, 6.07) is -0.367. The van der Waals surface area contributed by atoms with Crippen LogP contribution in [-0.4, -0.2) is 79.2 Å². The first-order valence-electron chi connectivity index (χ1n) is 9.48. The summed E-state index contributed by atoms with van der Waals surface area (Å²) in [6.07, 6.45) is 6.24. The predicted molar refractivity (Wildman–Crippen MR) is 93.2 cm³/mol. The van der Waals surface area contributed by atoms with E-state index in [0.717, 1.165) is 51.9 Å². The third kappa shape index (κ3) is 4.20. The van der Waals surface area contributed by atoms with Crippen LogP contribution in [0.2, 0.25) is 0 Å². The molecule has 0 saturated carbocycles. The number of hydrogen-bond donors (Lipinski definition) is 1. The van der Waals surface area contributed by atoms with Gasteiger partial charge < -0.3 is 10.0 Å². The lowest BCUT2D eigenvalue weighted by Crippen LogP contribution is -2.44. The van der Waals surface area contributed by atoms with Crippen molar-refractivity contribution in [3.8, 4) is 0 Å². The summed E-state index contributed by atoms with van der Waals surface area (Å²) in [5.41, 5.74) is 0.0570. The van der Waals surface area contributed by atoms with Crippen molar-refractivity contribution in [3.63, 3.8) is 0 Å². The average Bonchev–Trinajstić information content (AvgIpc) is 3.24. The van der Waals surface area contributed by atoms with Crippen LogP contribution >= 0.6 is 0 Å². The van der Waals surface area contributed by atoms with Crippen molar-refractivity contribution in [3.05, 3.63) is 6.33 Å². The zero-order valence-electron chi connectivity index (χ0n) is 15.4. The van der Waals surface area contributed by atoms with Gasteiger partial charge in [-0.05, 0) is 54.5 Å². The number of carbonyl (C=O) groups excluding carboxylic acids is 1. The summed E-state index contributed by atoms with van der Waals surface area (Å²) >= 11 is 0. The minimum atomic E-state index is -0.712. The van der Waals surface area contributed by atoms with Gasteiger partial charge in [-0.1, -0.05) is 6.92 Å². The van der Waals surface area contributed by atoms with Crippen LogP contribution < -0.4 is 0 Å². The maximum Gasteiger partial charge on any atom is 0.320 e. The van der Waals surface area contributed by atoms with Gasteiger partial charge in [0.15, 0.2) is 0 Å². The second-order valence-corrected chi connectivity index (χ2v) is 7.59. The Morgan fingerprint density at radius 3 is 2.65 bits per heavy atom. The smallest absolute Gasteiger partial charge is 0.320 e. The molecular formula is C17H28N6O3. The summed E-state index contributed by atoms with van der Waals surface area (Å²) in [6.45, 7) is 5.87. The van der Waals surface area contributed by atoms with E-state index in [1.165, 1.54) is 0 Å². The third-order valence-corrected chi connectivity index (χ3v) is 5.75. The van der Waals surface area contributed by atoms with Gasteiger partial charge in [0.05, 0.1) is 0 Å². The molecular weight excluding hydrogens is 336 g/mol. The van der Waals surface area contributed by atoms with Crippen molar-refractivity contribution in [1.29, 1.82) is 0 Å². The second-order valence-electron chi connectivity index (χ2n) is 7.59. The van der Waals surface area contributed by atoms with E-state index in [9.17, 15) is 14.7 Å². The normalized spacial score (nSPS) is 22.8. The van der Waals surface area contributed by atoms with Crippen molar-refractivity contribution < 1.29 is 14.7 Å². The molecule has 0 radical (unpaired) electrons. The molecule has 1 aromatic rings. The Morgan fingerprint density at radius 2 is 2.04 bits per heavy atom. The predicted octanol–water partition coefficient (Wildman–Crippen LogP) is 0.631. The number of likely N-dealkylation sites (tertiary alicyclic amines) is 2. The van der Waals surface area contributed by atoms with E-state index >= 15 is 0 Å². The second kappa shape index (κ2) is 8.11. The van der Waals surface area contributed by atoms with Crippen molar-refractivity contribution in [2.24, 2.45) is 5.41 Å². The van der Waals surface area contributed by atoms with E-state index in [4.69, 9.17) is 0 Å². The number of carboxylic acid groups (broad SMARTS) is 1. The van der Waals surface area contributed by atoms with Crippen LogP contribution in [0.5, 0.6) is 0 Å². The number of hydrogen-bond acceptors (Lipinski definition) is 6. The highest BCUT2D eigenvalue weighted by Crippen LogP contribution is 2.43. The van der Waals surface area contributed by atoms with Crippen molar-refractivity contribution in [2.45, 2.75) is 58.0 Å². The van der Waals surface area contributed by atoms with Crippen LogP contribution in [0.4, 0.5) is 0 Å². The van der Waals surface area contributed by atoms with Crippen molar-refractivity contribution >= 4 is 11.9 Å². The lowest BCUT2D eigenvalue weighted by atomic mass is 9.76. The Balaban J connectivity index is 1.47. The fourth-order valence-electron chi connectivity index (χ4n) is 4.34. The Kier molecular flexibility index (Phi) is 5.85. The number of carbonyl (C=O) groups is 2. The maximum absolute atomic E-state index is 12.4. The van der Waals surface area contributed by atoms with Gasteiger partial charge in [-0.25, -0.2) is 4.68 Å². The topological polar surface area (TPSA) is 104 Å². The minimum absolute atomic E-state index is 0.0570. The largest absolute Gasteiger partial charge is 0.480 e. The molecule has 2 fully saturated rings. The molecule has 3 heterocycles. The fraction of sp³-hybridized carbons (Fsp3) is 0.824. The molecule has 3 rings (SSSR count). The van der Waals surface area contributed by atoms with Gasteiger partial charge >= 0.3 is 5.97 Å². The van der Waals surface area contributed by atoms with E-state index in [0.29, 0.717) is 19.4 Å². The lowest BCUT2D eigenvalue weighted by molar-refractivity contribution is -0.142. The number of tetrazole rings is 1. The van der Waals surface area contributed by atoms with Crippen LogP contribution in [0.3, 0.4) is 0 Å². The summed E-state index contributed by atoms with van der Waals surface area (Å²) in [5.74, 6) is -0.539. The molecule has 1 spiro atoms. The van der Waals surface area contributed by atoms with E-state index in [-0.39, 0.29) is 17.4 Å². The molecule has 1 amide bonds. The monoisotopic (exact) mass is 364 g/mol. The third-order valence-electron chi connectivity index (χ3n) is 5.75. The van der Waals surface area contributed by atoms with Crippen LogP contribution in [0.15, 0.2) is 6.33 Å². The number of nitrogens with zero attached hydrogens (tertiary/aromatic N) is 6. The van der Waals surface area contributed by atoms with Crippen LogP contribution in [0.1, 0.15) is 45.4 Å². The summed E-state index contributed by atoms with van der Waals surface area (Å²) in [7, 11) is 0. The fourth-order valence-corrected chi connectivity index (χ4v) is 4.34. The molecule has 0 aliphatic carbocycles. The average molecular weight is 364 g/mol. The SMILES string of the molecule is CCCN1CC2(CCN(C(=O)CCCn3cnnn3)CC2)C[C@H]1C(=O)O. The van der Waals surface area contributed by atoms with E-state index < -0.39 is 5.97 Å². The van der Waals surface area contributed by atoms with Gasteiger partial charge in [-0.15, -0.1) is 5.10 Å². The molecule has 26 heavy (non-hydrogen) atoms. The molecule has 0 aromatic carbocycles. The summed E-state index contributed by atoms with van der Waals surface area (Å²) in [4.78, 5) is 28.1. The summed E-state index contributed by atoms with van der Waals surface area (Å²) < 4.78 is 1.63. The minimum Gasteiger partial charge on any atom is -0.480 e. The lowest BCUT2D eigenvalue weighted by Gasteiger charge is -2.39. The van der Waals surface area contributed by atoms with E-state index in [2.05, 4.69) is 27.3 Å². The molecule has 2 aliphatic heterocycles. The number of aryl methyl sites for hydroxylation is 1. The van der Waals surface area contributed by atoms with Crippen LogP contribution in [-0.2, 0) is 16.1 Å². The van der Waals surface area contributed by atoms with Crippen molar-refractivity contribution in [1.82, 2.24) is 30.0 Å². The number of aromatic nitrogens is 4. The molecule has 9 nitrogen and oxygen atoms in total. The Hall–Kier alpha value is -2.03. The molecule has 0 bridgehead atoms. The molecule has 1 aromatic heterocycles. The number of piperidine rings is 1. The summed E-state index contributed by atoms with van der Waals surface area (Å²) in [5, 5.41) is 20.5. The molecule has 1 N–H and O–H groups in total. The van der Waals surface area contributed by atoms with Gasteiger partial charge in [0.25, 0.3) is 0 Å². The molecule has 144 valence electrons. The Morgan fingerprint density at radius 1 is 1.27 bits per heavy atom. The van der Waals surface area contributed by atoms with Gasteiger partial charge in [0.1, 0.15) is 12.4 Å². The van der Waals surface area contributed by atoms with Crippen LogP contribution in [0, 0.1) is 5.41 Å². The first-order valence-corrected chi connectivity index (χ1v) is 9.48. The standard InChI is InChI=1S/C17H28N6O3/c1-2-7-22-12-17(11-14(22)16(25)26)5-9-21(10-6-17)15(24)4-3-8-23-13-18-19-20-23/h13-14H,2-12H2,1H3,(H,25,26)/t14-/m0/s1. The molecule has 2 saturated heterocycles. The highest BCUT2D eigenvalue weighted by atomic mass is 16.4. The zero-order valence-corrected chi connectivity index (χ0v) is 15.4. The maximum atomic E-state index is 12.4. The van der Waals surface area contributed by atoms with E-state index in [1.807, 2.05) is 4.90 Å². The number of amides is 1. The Bertz CT molecular complexity index is 612. The first kappa shape index (κ1) is 18.8. The number of aliphatic carboxylic acids is 1. The van der Waals surface area contributed by atoms with Crippen molar-refractivity contribution in [2.75, 3.05) is 26.2 Å². The van der Waals surface area contributed by atoms with Gasteiger partial charge in [-0.2, -0.15) is 0 Å². The van der Waals surface area contributed by atoms with Gasteiger partial charge in [-0.3, -0.25) is 14.5 Å². The number of carboxylic acids is 1. The highest BCUT2D eigenvalue weighted by Gasteiger charge is 2.48.